The quantitative estimate of drug-likeness (QED) is 0.337. The molecule has 21 heavy (non-hydrogen) atoms. The van der Waals surface area contributed by atoms with E-state index in [1.807, 2.05) is 0 Å². The van der Waals surface area contributed by atoms with Gasteiger partial charge in [0.15, 0.2) is 0 Å². The molecule has 1 N–H and O–H groups in total. The average Bonchev–Trinajstić information content (AvgIpc) is 2.54. The van der Waals surface area contributed by atoms with Gasteiger partial charge in [0.25, 0.3) is 0 Å². The van der Waals surface area contributed by atoms with Crippen LogP contribution in [-0.4, -0.2) is 39.2 Å². The fraction of sp³-hybridized carbons (Fsp3) is 0.625. The van der Waals surface area contributed by atoms with Crippen LogP contribution in [0.4, 0.5) is 0 Å². The highest BCUT2D eigenvalue weighted by atomic mass is 16.5. The zero-order valence-electron chi connectivity index (χ0n) is 12.9. The first-order valence-electron chi connectivity index (χ1n) is 7.42. The number of ether oxygens (including phenoxy) is 2. The van der Waals surface area contributed by atoms with Crippen molar-refractivity contribution >= 4 is 11.9 Å². The predicted octanol–water partition coefficient (Wildman–Crippen LogP) is 1.98. The molecule has 1 rings (SSSR count). The Morgan fingerprint density at radius 1 is 1.10 bits per heavy atom. The SMILES string of the molecule is COC(=O)C=CC(=CCNCC1CCCCC1)C(=O)OC. The molecule has 0 saturated heterocycles. The molecule has 0 aromatic rings. The normalized spacial score (nSPS) is 17.0. The highest BCUT2D eigenvalue weighted by Crippen LogP contribution is 2.22. The predicted molar refractivity (Wildman–Crippen MR) is 80.7 cm³/mol. The van der Waals surface area contributed by atoms with Gasteiger partial charge < -0.3 is 14.8 Å². The van der Waals surface area contributed by atoms with Crippen molar-refractivity contribution in [1.82, 2.24) is 5.32 Å². The summed E-state index contributed by atoms with van der Waals surface area (Å²) in [5, 5.41) is 3.33. The number of nitrogens with one attached hydrogen (secondary N) is 1. The van der Waals surface area contributed by atoms with Gasteiger partial charge in [-0.3, -0.25) is 0 Å². The van der Waals surface area contributed by atoms with Crippen molar-refractivity contribution in [2.45, 2.75) is 32.1 Å². The molecule has 0 aromatic heterocycles. The molecule has 1 saturated carbocycles. The Balaban J connectivity index is 2.43. The number of methoxy groups -OCH3 is 2. The lowest BCUT2D eigenvalue weighted by molar-refractivity contribution is -0.135. The molecule has 5 nitrogen and oxygen atoms in total. The fourth-order valence-electron chi connectivity index (χ4n) is 2.42. The zero-order valence-corrected chi connectivity index (χ0v) is 12.9. The van der Waals surface area contributed by atoms with Crippen LogP contribution in [0.3, 0.4) is 0 Å². The summed E-state index contributed by atoms with van der Waals surface area (Å²) >= 11 is 0. The molecule has 1 aliphatic rings. The highest BCUT2D eigenvalue weighted by molar-refractivity contribution is 5.93. The third kappa shape index (κ3) is 7.09. The van der Waals surface area contributed by atoms with E-state index in [9.17, 15) is 9.59 Å². The summed E-state index contributed by atoms with van der Waals surface area (Å²) in [7, 11) is 2.61. The summed E-state index contributed by atoms with van der Waals surface area (Å²) in [5.74, 6) is -0.228. The van der Waals surface area contributed by atoms with Crippen molar-refractivity contribution < 1.29 is 19.1 Å². The molecule has 0 heterocycles. The van der Waals surface area contributed by atoms with Gasteiger partial charge in [0.2, 0.25) is 0 Å². The topological polar surface area (TPSA) is 64.6 Å². The maximum Gasteiger partial charge on any atom is 0.337 e. The van der Waals surface area contributed by atoms with Gasteiger partial charge in [-0.05, 0) is 31.4 Å². The van der Waals surface area contributed by atoms with E-state index < -0.39 is 11.9 Å². The number of rotatable bonds is 7. The van der Waals surface area contributed by atoms with E-state index in [0.717, 1.165) is 12.5 Å². The Kier molecular flexibility index (Phi) is 8.43. The second-order valence-corrected chi connectivity index (χ2v) is 5.17. The first kappa shape index (κ1) is 17.4. The Morgan fingerprint density at radius 2 is 1.81 bits per heavy atom. The van der Waals surface area contributed by atoms with Crippen molar-refractivity contribution in [2.75, 3.05) is 27.3 Å². The van der Waals surface area contributed by atoms with Crippen molar-refractivity contribution in [2.24, 2.45) is 5.92 Å². The van der Waals surface area contributed by atoms with Gasteiger partial charge in [-0.15, -0.1) is 0 Å². The molecular formula is C16H25NO4. The van der Waals surface area contributed by atoms with E-state index in [1.165, 1.54) is 58.5 Å². The van der Waals surface area contributed by atoms with E-state index in [1.54, 1.807) is 6.08 Å². The summed E-state index contributed by atoms with van der Waals surface area (Å²) < 4.78 is 9.19. The van der Waals surface area contributed by atoms with Gasteiger partial charge in [0.1, 0.15) is 0 Å². The van der Waals surface area contributed by atoms with Crippen LogP contribution in [0, 0.1) is 5.92 Å². The second kappa shape index (κ2) is 10.2. The molecule has 0 radical (unpaired) electrons. The number of carbonyl (C=O) groups is 2. The van der Waals surface area contributed by atoms with Crippen molar-refractivity contribution in [3.05, 3.63) is 23.8 Å². The maximum atomic E-state index is 11.6. The Hall–Kier alpha value is -1.62. The molecule has 0 spiro atoms. The molecule has 0 aliphatic heterocycles. The van der Waals surface area contributed by atoms with Crippen LogP contribution in [0.1, 0.15) is 32.1 Å². The summed E-state index contributed by atoms with van der Waals surface area (Å²) in [6.07, 6.45) is 10.9. The number of esters is 2. The Labute approximate surface area is 126 Å². The van der Waals surface area contributed by atoms with Gasteiger partial charge in [-0.2, -0.15) is 0 Å². The van der Waals surface area contributed by atoms with E-state index in [0.29, 0.717) is 12.1 Å². The number of hydrogen-bond donors (Lipinski definition) is 1. The monoisotopic (exact) mass is 295 g/mol. The zero-order chi connectivity index (χ0) is 15.5. The van der Waals surface area contributed by atoms with Crippen molar-refractivity contribution in [1.29, 1.82) is 0 Å². The van der Waals surface area contributed by atoms with Crippen LogP contribution in [0.15, 0.2) is 23.8 Å². The van der Waals surface area contributed by atoms with Crippen LogP contribution >= 0.6 is 0 Å². The minimum absolute atomic E-state index is 0.346. The maximum absolute atomic E-state index is 11.6. The summed E-state index contributed by atoms with van der Waals surface area (Å²) in [6, 6.07) is 0. The third-order valence-electron chi connectivity index (χ3n) is 3.65. The second-order valence-electron chi connectivity index (χ2n) is 5.17. The number of carbonyl (C=O) groups excluding carboxylic acids is 2. The van der Waals surface area contributed by atoms with E-state index in [4.69, 9.17) is 0 Å². The molecular weight excluding hydrogens is 270 g/mol. The largest absolute Gasteiger partial charge is 0.466 e. The van der Waals surface area contributed by atoms with Crippen molar-refractivity contribution in [3.63, 3.8) is 0 Å². The molecule has 0 atom stereocenters. The van der Waals surface area contributed by atoms with Crippen LogP contribution < -0.4 is 5.32 Å². The van der Waals surface area contributed by atoms with Gasteiger partial charge in [0, 0.05) is 12.6 Å². The fourth-order valence-corrected chi connectivity index (χ4v) is 2.42. The molecule has 0 aromatic carbocycles. The van der Waals surface area contributed by atoms with Crippen LogP contribution in [-0.2, 0) is 19.1 Å². The minimum Gasteiger partial charge on any atom is -0.466 e. The molecule has 0 unspecified atom stereocenters. The van der Waals surface area contributed by atoms with Crippen LogP contribution in [0.2, 0.25) is 0 Å². The highest BCUT2D eigenvalue weighted by Gasteiger charge is 2.12. The minimum atomic E-state index is -0.500. The standard InChI is InChI=1S/C16H25NO4/c1-20-15(18)9-8-14(16(19)21-2)10-11-17-12-13-6-4-3-5-7-13/h8-10,13,17H,3-7,11-12H2,1-2H3. The molecule has 5 heteroatoms. The van der Waals surface area contributed by atoms with E-state index in [2.05, 4.69) is 14.8 Å². The Morgan fingerprint density at radius 3 is 2.43 bits per heavy atom. The molecule has 118 valence electrons. The average molecular weight is 295 g/mol. The molecule has 1 fully saturated rings. The van der Waals surface area contributed by atoms with Gasteiger partial charge in [-0.1, -0.05) is 25.3 Å². The molecule has 0 bridgehead atoms. The molecule has 0 amide bonds. The van der Waals surface area contributed by atoms with Gasteiger partial charge in [0.05, 0.1) is 19.8 Å². The van der Waals surface area contributed by atoms with Crippen LogP contribution in [0.25, 0.3) is 0 Å². The van der Waals surface area contributed by atoms with Crippen LogP contribution in [0.5, 0.6) is 0 Å². The smallest absolute Gasteiger partial charge is 0.337 e. The molecule has 1 aliphatic carbocycles. The first-order chi connectivity index (χ1) is 10.2. The number of hydrogen-bond acceptors (Lipinski definition) is 5. The lowest BCUT2D eigenvalue weighted by Crippen LogP contribution is -2.25. The van der Waals surface area contributed by atoms with E-state index >= 15 is 0 Å². The Bertz CT molecular complexity index is 395. The van der Waals surface area contributed by atoms with Crippen molar-refractivity contribution in [3.8, 4) is 0 Å². The van der Waals surface area contributed by atoms with Gasteiger partial charge >= 0.3 is 11.9 Å². The third-order valence-corrected chi connectivity index (χ3v) is 3.65. The van der Waals surface area contributed by atoms with E-state index in [-0.39, 0.29) is 0 Å². The summed E-state index contributed by atoms with van der Waals surface area (Å²) in [5.41, 5.74) is 0.346. The summed E-state index contributed by atoms with van der Waals surface area (Å²) in [4.78, 5) is 22.6. The lowest BCUT2D eigenvalue weighted by Gasteiger charge is -2.21. The summed E-state index contributed by atoms with van der Waals surface area (Å²) in [6.45, 7) is 1.54. The lowest BCUT2D eigenvalue weighted by atomic mass is 9.89. The van der Waals surface area contributed by atoms with Gasteiger partial charge in [-0.25, -0.2) is 9.59 Å². The first-order valence-corrected chi connectivity index (χ1v) is 7.42.